The standard InChI is InChI=1S/C25H26N2O5/c1-4-31-24-12-19(10-11-23(24)32-17-18-8-6-5-7-9-18)16-26-27-25(28)20-13-21(29-2)15-22(14-20)30-3/h5-16H,4,17H2,1-3H3,(H,27,28)/b26-16+. The van der Waals surface area contributed by atoms with Crippen LogP contribution in [-0.2, 0) is 6.61 Å². The van der Waals surface area contributed by atoms with E-state index in [4.69, 9.17) is 18.9 Å². The Morgan fingerprint density at radius 2 is 1.62 bits per heavy atom. The molecule has 7 heteroatoms. The summed E-state index contributed by atoms with van der Waals surface area (Å²) in [5, 5.41) is 4.05. The molecule has 32 heavy (non-hydrogen) atoms. The zero-order valence-corrected chi connectivity index (χ0v) is 18.3. The average Bonchev–Trinajstić information content (AvgIpc) is 2.84. The Balaban J connectivity index is 1.67. The summed E-state index contributed by atoms with van der Waals surface area (Å²) in [4.78, 5) is 12.4. The van der Waals surface area contributed by atoms with Gasteiger partial charge in [0, 0.05) is 11.6 Å². The van der Waals surface area contributed by atoms with E-state index in [9.17, 15) is 4.79 Å². The van der Waals surface area contributed by atoms with Crippen LogP contribution < -0.4 is 24.4 Å². The van der Waals surface area contributed by atoms with E-state index in [0.29, 0.717) is 41.8 Å². The normalized spacial score (nSPS) is 10.6. The highest BCUT2D eigenvalue weighted by Crippen LogP contribution is 2.29. The molecule has 0 fully saturated rings. The largest absolute Gasteiger partial charge is 0.497 e. The first-order valence-corrected chi connectivity index (χ1v) is 10.1. The molecule has 166 valence electrons. The van der Waals surface area contributed by atoms with Crippen LogP contribution >= 0.6 is 0 Å². The Hall–Kier alpha value is -4.00. The van der Waals surface area contributed by atoms with E-state index in [2.05, 4.69) is 10.5 Å². The summed E-state index contributed by atoms with van der Waals surface area (Å²) in [6.07, 6.45) is 1.54. The maximum absolute atomic E-state index is 12.4. The van der Waals surface area contributed by atoms with Crippen molar-refractivity contribution in [1.29, 1.82) is 0 Å². The highest BCUT2D eigenvalue weighted by molar-refractivity contribution is 5.95. The molecule has 0 aliphatic heterocycles. The molecule has 0 atom stereocenters. The molecular weight excluding hydrogens is 408 g/mol. The van der Waals surface area contributed by atoms with Crippen LogP contribution in [0.5, 0.6) is 23.0 Å². The van der Waals surface area contributed by atoms with Crippen molar-refractivity contribution in [3.05, 3.63) is 83.4 Å². The summed E-state index contributed by atoms with van der Waals surface area (Å²) in [6.45, 7) is 2.84. The maximum atomic E-state index is 12.4. The van der Waals surface area contributed by atoms with Gasteiger partial charge in [-0.15, -0.1) is 0 Å². The van der Waals surface area contributed by atoms with E-state index in [-0.39, 0.29) is 5.91 Å². The van der Waals surface area contributed by atoms with Gasteiger partial charge in [-0.2, -0.15) is 5.10 Å². The molecule has 7 nitrogen and oxygen atoms in total. The van der Waals surface area contributed by atoms with Gasteiger partial charge in [0.25, 0.3) is 5.91 Å². The average molecular weight is 434 g/mol. The van der Waals surface area contributed by atoms with Crippen LogP contribution in [0, 0.1) is 0 Å². The predicted octanol–water partition coefficient (Wildman–Crippen LogP) is 4.45. The number of ether oxygens (including phenoxy) is 4. The lowest BCUT2D eigenvalue weighted by molar-refractivity contribution is 0.0954. The molecule has 3 aromatic carbocycles. The molecule has 0 heterocycles. The minimum atomic E-state index is -0.383. The molecule has 1 N–H and O–H groups in total. The second-order valence-electron chi connectivity index (χ2n) is 6.71. The van der Waals surface area contributed by atoms with E-state index < -0.39 is 0 Å². The SMILES string of the molecule is CCOc1cc(/C=N/NC(=O)c2cc(OC)cc(OC)c2)ccc1OCc1ccccc1. The van der Waals surface area contributed by atoms with Gasteiger partial charge in [0.05, 0.1) is 27.0 Å². The summed E-state index contributed by atoms with van der Waals surface area (Å²) in [6, 6.07) is 20.3. The first-order valence-electron chi connectivity index (χ1n) is 10.1. The lowest BCUT2D eigenvalue weighted by atomic mass is 10.2. The summed E-state index contributed by atoms with van der Waals surface area (Å²) in [5.74, 6) is 1.90. The maximum Gasteiger partial charge on any atom is 0.271 e. The molecule has 3 rings (SSSR count). The van der Waals surface area contributed by atoms with Gasteiger partial charge in [0.15, 0.2) is 11.5 Å². The van der Waals surface area contributed by atoms with E-state index in [1.54, 1.807) is 24.4 Å². The van der Waals surface area contributed by atoms with Gasteiger partial charge in [0.1, 0.15) is 18.1 Å². The Morgan fingerprint density at radius 3 is 2.28 bits per heavy atom. The van der Waals surface area contributed by atoms with Crippen LogP contribution in [0.3, 0.4) is 0 Å². The predicted molar refractivity (Wildman–Crippen MR) is 123 cm³/mol. The number of amides is 1. The lowest BCUT2D eigenvalue weighted by Crippen LogP contribution is -2.17. The number of methoxy groups -OCH3 is 2. The van der Waals surface area contributed by atoms with E-state index in [1.807, 2.05) is 55.5 Å². The zero-order valence-electron chi connectivity index (χ0n) is 18.3. The van der Waals surface area contributed by atoms with Gasteiger partial charge >= 0.3 is 0 Å². The molecule has 1 amide bonds. The van der Waals surface area contributed by atoms with Crippen molar-refractivity contribution in [1.82, 2.24) is 5.43 Å². The van der Waals surface area contributed by atoms with Crippen LogP contribution in [0.2, 0.25) is 0 Å². The first-order chi connectivity index (χ1) is 15.6. The minimum absolute atomic E-state index is 0.373. The Bertz CT molecular complexity index is 1040. The van der Waals surface area contributed by atoms with Crippen LogP contribution in [0.25, 0.3) is 0 Å². The summed E-state index contributed by atoms with van der Waals surface area (Å²) >= 11 is 0. The third-order valence-corrected chi connectivity index (χ3v) is 4.50. The third-order valence-electron chi connectivity index (χ3n) is 4.50. The van der Waals surface area contributed by atoms with Gasteiger partial charge in [0.2, 0.25) is 0 Å². The summed E-state index contributed by atoms with van der Waals surface area (Å²) in [5.41, 5.74) is 4.70. The third kappa shape index (κ3) is 6.25. The molecule has 0 radical (unpaired) electrons. The highest BCUT2D eigenvalue weighted by Gasteiger charge is 2.10. The number of nitrogens with one attached hydrogen (secondary N) is 1. The van der Waals surface area contributed by atoms with E-state index in [1.165, 1.54) is 14.2 Å². The van der Waals surface area contributed by atoms with Crippen molar-refractivity contribution in [2.45, 2.75) is 13.5 Å². The topological polar surface area (TPSA) is 78.4 Å². The molecule has 0 unspecified atom stereocenters. The molecule has 0 aromatic heterocycles. The Kier molecular flexibility index (Phi) is 8.09. The second kappa shape index (κ2) is 11.4. The van der Waals surface area contributed by atoms with E-state index in [0.717, 1.165) is 11.1 Å². The van der Waals surface area contributed by atoms with Gasteiger partial charge in [-0.05, 0) is 48.4 Å². The molecule has 3 aromatic rings. The number of benzene rings is 3. The fourth-order valence-electron chi connectivity index (χ4n) is 2.90. The Labute approximate surface area is 187 Å². The van der Waals surface area contributed by atoms with E-state index >= 15 is 0 Å². The lowest BCUT2D eigenvalue weighted by Gasteiger charge is -2.12. The van der Waals surface area contributed by atoms with Gasteiger partial charge in [-0.25, -0.2) is 5.43 Å². The van der Waals surface area contributed by atoms with Crippen LogP contribution in [0.1, 0.15) is 28.4 Å². The van der Waals surface area contributed by atoms with Crippen LogP contribution in [0.15, 0.2) is 71.8 Å². The van der Waals surface area contributed by atoms with Crippen LogP contribution in [0.4, 0.5) is 0 Å². The van der Waals surface area contributed by atoms with Crippen molar-refractivity contribution in [2.24, 2.45) is 5.10 Å². The zero-order chi connectivity index (χ0) is 22.8. The minimum Gasteiger partial charge on any atom is -0.497 e. The van der Waals surface area contributed by atoms with Crippen molar-refractivity contribution in [3.63, 3.8) is 0 Å². The number of nitrogens with zero attached hydrogens (tertiary/aromatic N) is 1. The molecule has 0 spiro atoms. The fourth-order valence-corrected chi connectivity index (χ4v) is 2.90. The summed E-state index contributed by atoms with van der Waals surface area (Å²) < 4.78 is 22.0. The number of carbonyl (C=O) groups excluding carboxylic acids is 1. The molecule has 0 aliphatic carbocycles. The summed E-state index contributed by atoms with van der Waals surface area (Å²) in [7, 11) is 3.05. The van der Waals surface area contributed by atoms with Gasteiger partial charge in [-0.3, -0.25) is 4.79 Å². The van der Waals surface area contributed by atoms with Crippen molar-refractivity contribution in [2.75, 3.05) is 20.8 Å². The smallest absolute Gasteiger partial charge is 0.271 e. The second-order valence-corrected chi connectivity index (χ2v) is 6.71. The van der Waals surface area contributed by atoms with Crippen LogP contribution in [-0.4, -0.2) is 32.9 Å². The van der Waals surface area contributed by atoms with Gasteiger partial charge < -0.3 is 18.9 Å². The number of hydrazone groups is 1. The quantitative estimate of drug-likeness (QED) is 0.377. The first kappa shape index (κ1) is 22.7. The number of carbonyl (C=O) groups is 1. The number of hydrogen-bond donors (Lipinski definition) is 1. The number of rotatable bonds is 10. The molecule has 0 saturated heterocycles. The van der Waals surface area contributed by atoms with Crippen molar-refractivity contribution >= 4 is 12.1 Å². The molecule has 0 saturated carbocycles. The van der Waals surface area contributed by atoms with Gasteiger partial charge in [-0.1, -0.05) is 30.3 Å². The molecular formula is C25H26N2O5. The van der Waals surface area contributed by atoms with Crippen molar-refractivity contribution < 1.29 is 23.7 Å². The number of hydrogen-bond acceptors (Lipinski definition) is 6. The highest BCUT2D eigenvalue weighted by atomic mass is 16.5. The monoisotopic (exact) mass is 434 g/mol. The molecule has 0 bridgehead atoms. The Morgan fingerprint density at radius 1 is 0.906 bits per heavy atom. The molecule has 0 aliphatic rings. The fraction of sp³-hybridized carbons (Fsp3) is 0.200. The van der Waals surface area contributed by atoms with Crippen molar-refractivity contribution in [3.8, 4) is 23.0 Å².